The molecule has 2 aromatic rings. The van der Waals surface area contributed by atoms with Crippen LogP contribution in [-0.2, 0) is 14.4 Å². The zero-order valence-electron chi connectivity index (χ0n) is 20.5. The lowest BCUT2D eigenvalue weighted by Gasteiger charge is -2.46. The van der Waals surface area contributed by atoms with Gasteiger partial charge in [-0.25, -0.2) is 9.37 Å². The molecule has 2 fully saturated rings. The van der Waals surface area contributed by atoms with Gasteiger partial charge in [0.2, 0.25) is 5.91 Å². The number of pyridine rings is 1. The second-order valence-corrected chi connectivity index (χ2v) is 10.5. The summed E-state index contributed by atoms with van der Waals surface area (Å²) in [6, 6.07) is 6.67. The number of nitrogens with zero attached hydrogens (tertiary/aromatic N) is 3. The van der Waals surface area contributed by atoms with Crippen LogP contribution in [0.2, 0.25) is 0 Å². The van der Waals surface area contributed by atoms with Crippen molar-refractivity contribution in [3.05, 3.63) is 53.5 Å². The maximum Gasteiger partial charge on any atom is 0.313 e. The fourth-order valence-electron chi connectivity index (χ4n) is 4.48. The summed E-state index contributed by atoms with van der Waals surface area (Å²) in [7, 11) is 0. The molecular weight excluding hydrogens is 449 g/mol. The van der Waals surface area contributed by atoms with Crippen molar-refractivity contribution in [1.29, 1.82) is 0 Å². The summed E-state index contributed by atoms with van der Waals surface area (Å²) in [6.07, 6.45) is 3.49. The number of rotatable bonds is 3. The molecule has 0 bridgehead atoms. The van der Waals surface area contributed by atoms with Crippen molar-refractivity contribution in [1.82, 2.24) is 14.8 Å². The molecular formula is C26H32FN5O3. The summed E-state index contributed by atoms with van der Waals surface area (Å²) >= 11 is 0. The Balaban J connectivity index is 1.58. The minimum Gasteiger partial charge on any atom is -0.383 e. The average molecular weight is 482 g/mol. The summed E-state index contributed by atoms with van der Waals surface area (Å²) in [5.74, 6) is -1.20. The van der Waals surface area contributed by atoms with Crippen LogP contribution in [0.15, 0.2) is 36.5 Å². The van der Waals surface area contributed by atoms with E-state index >= 15 is 0 Å². The molecule has 9 heteroatoms. The first kappa shape index (κ1) is 24.6. The van der Waals surface area contributed by atoms with Gasteiger partial charge < -0.3 is 20.9 Å². The van der Waals surface area contributed by atoms with Crippen molar-refractivity contribution in [3.63, 3.8) is 0 Å². The molecule has 1 aromatic carbocycles. The SMILES string of the molecule is C[C@@H]1CN(C(=O)C(=O)Nc2cnc(N)c(C3CC3)c2)[C@@H](c2ccc(F)cc2)CN1C(=O)C(C)(C)C. The molecule has 1 saturated heterocycles. The highest BCUT2D eigenvalue weighted by Crippen LogP contribution is 2.42. The van der Waals surface area contributed by atoms with Crippen molar-refractivity contribution >= 4 is 29.2 Å². The molecule has 1 saturated carbocycles. The zero-order chi connectivity index (χ0) is 25.5. The fraction of sp³-hybridized carbons (Fsp3) is 0.462. The van der Waals surface area contributed by atoms with Gasteiger partial charge in [0.25, 0.3) is 0 Å². The summed E-state index contributed by atoms with van der Waals surface area (Å²) in [6.45, 7) is 7.76. The summed E-state index contributed by atoms with van der Waals surface area (Å²) < 4.78 is 13.6. The van der Waals surface area contributed by atoms with Gasteiger partial charge in [-0.2, -0.15) is 0 Å². The quantitative estimate of drug-likeness (QED) is 0.653. The van der Waals surface area contributed by atoms with Crippen LogP contribution in [0.4, 0.5) is 15.9 Å². The van der Waals surface area contributed by atoms with E-state index in [1.54, 1.807) is 23.1 Å². The number of benzene rings is 1. The van der Waals surface area contributed by atoms with Gasteiger partial charge in [-0.05, 0) is 55.0 Å². The number of nitrogens with one attached hydrogen (secondary N) is 1. The van der Waals surface area contributed by atoms with Crippen LogP contribution >= 0.6 is 0 Å². The Labute approximate surface area is 204 Å². The Morgan fingerprint density at radius 2 is 1.74 bits per heavy atom. The van der Waals surface area contributed by atoms with Crippen LogP contribution in [0.5, 0.6) is 0 Å². The van der Waals surface area contributed by atoms with Crippen LogP contribution < -0.4 is 11.1 Å². The second-order valence-electron chi connectivity index (χ2n) is 10.5. The van der Waals surface area contributed by atoms with Crippen LogP contribution in [0, 0.1) is 11.2 Å². The van der Waals surface area contributed by atoms with Gasteiger partial charge in [0.1, 0.15) is 11.6 Å². The van der Waals surface area contributed by atoms with Gasteiger partial charge in [0.05, 0.1) is 17.9 Å². The minimum atomic E-state index is -0.798. The molecule has 35 heavy (non-hydrogen) atoms. The van der Waals surface area contributed by atoms with Crippen LogP contribution in [0.1, 0.15) is 63.6 Å². The van der Waals surface area contributed by atoms with E-state index in [0.717, 1.165) is 18.4 Å². The highest BCUT2D eigenvalue weighted by Gasteiger charge is 2.41. The van der Waals surface area contributed by atoms with E-state index < -0.39 is 29.1 Å². The molecule has 1 aliphatic carbocycles. The Kier molecular flexibility index (Phi) is 6.53. The molecule has 4 rings (SSSR count). The molecule has 2 heterocycles. The normalized spacial score (nSPS) is 20.5. The van der Waals surface area contributed by atoms with Gasteiger partial charge >= 0.3 is 11.8 Å². The number of amides is 3. The van der Waals surface area contributed by atoms with Gasteiger partial charge in [0.15, 0.2) is 0 Å². The van der Waals surface area contributed by atoms with Gasteiger partial charge in [-0.3, -0.25) is 14.4 Å². The van der Waals surface area contributed by atoms with Crippen LogP contribution in [-0.4, -0.2) is 51.6 Å². The third-order valence-corrected chi connectivity index (χ3v) is 6.58. The van der Waals surface area contributed by atoms with Crippen molar-refractivity contribution in [3.8, 4) is 0 Å². The maximum absolute atomic E-state index is 13.6. The smallest absolute Gasteiger partial charge is 0.313 e. The first-order valence-electron chi connectivity index (χ1n) is 11.9. The number of carbonyl (C=O) groups excluding carboxylic acids is 3. The van der Waals surface area contributed by atoms with Crippen LogP contribution in [0.3, 0.4) is 0 Å². The number of hydrogen-bond donors (Lipinski definition) is 2. The van der Waals surface area contributed by atoms with Crippen molar-refractivity contribution in [2.75, 3.05) is 24.1 Å². The van der Waals surface area contributed by atoms with Crippen molar-refractivity contribution in [2.24, 2.45) is 5.41 Å². The third-order valence-electron chi connectivity index (χ3n) is 6.58. The molecule has 8 nitrogen and oxygen atoms in total. The lowest BCUT2D eigenvalue weighted by molar-refractivity contribution is -0.154. The third kappa shape index (κ3) is 5.28. The highest BCUT2D eigenvalue weighted by molar-refractivity contribution is 6.39. The number of hydrogen-bond acceptors (Lipinski definition) is 5. The second kappa shape index (κ2) is 9.28. The number of nitrogens with two attached hydrogens (primary N) is 1. The van der Waals surface area contributed by atoms with Gasteiger partial charge in [-0.1, -0.05) is 32.9 Å². The molecule has 2 aliphatic rings. The summed E-state index contributed by atoms with van der Waals surface area (Å²) in [5.41, 5.74) is 7.29. The van der Waals surface area contributed by atoms with Gasteiger partial charge in [0, 0.05) is 24.5 Å². The molecule has 3 N–H and O–H groups in total. The Morgan fingerprint density at radius 3 is 2.34 bits per heavy atom. The van der Waals surface area contributed by atoms with E-state index in [-0.39, 0.29) is 25.0 Å². The van der Waals surface area contributed by atoms with Crippen LogP contribution in [0.25, 0.3) is 0 Å². The predicted molar refractivity (Wildman–Crippen MR) is 131 cm³/mol. The average Bonchev–Trinajstić information content (AvgIpc) is 3.64. The molecule has 0 spiro atoms. The van der Waals surface area contributed by atoms with Crippen molar-refractivity contribution < 1.29 is 18.8 Å². The molecule has 186 valence electrons. The summed E-state index contributed by atoms with van der Waals surface area (Å²) in [5, 5.41) is 2.65. The molecule has 0 radical (unpaired) electrons. The van der Waals surface area contributed by atoms with E-state index in [9.17, 15) is 18.8 Å². The van der Waals surface area contributed by atoms with E-state index in [0.29, 0.717) is 23.0 Å². The highest BCUT2D eigenvalue weighted by atomic mass is 19.1. The Bertz CT molecular complexity index is 1140. The minimum absolute atomic E-state index is 0.0470. The first-order chi connectivity index (χ1) is 16.5. The number of anilines is 2. The monoisotopic (exact) mass is 481 g/mol. The molecule has 2 atom stereocenters. The number of aromatic nitrogens is 1. The predicted octanol–water partition coefficient (Wildman–Crippen LogP) is 3.47. The molecule has 3 amide bonds. The number of carbonyl (C=O) groups is 3. The maximum atomic E-state index is 13.6. The van der Waals surface area contributed by atoms with E-state index in [2.05, 4.69) is 10.3 Å². The van der Waals surface area contributed by atoms with E-state index in [4.69, 9.17) is 5.73 Å². The summed E-state index contributed by atoms with van der Waals surface area (Å²) in [4.78, 5) is 46.8. The fourth-order valence-corrected chi connectivity index (χ4v) is 4.48. The largest absolute Gasteiger partial charge is 0.383 e. The first-order valence-corrected chi connectivity index (χ1v) is 11.9. The number of halogens is 1. The number of piperazine rings is 1. The standard InChI is InChI=1S/C26H32FN5O3/c1-15-13-32(24(34)23(33)30-19-11-20(16-5-6-16)22(28)29-12-19)21(17-7-9-18(27)10-8-17)14-31(15)25(35)26(2,3)4/h7-12,15-16,21H,5-6,13-14H2,1-4H3,(H2,28,29)(H,30,33)/t15-,21-/m1/s1. The van der Waals surface area contributed by atoms with E-state index in [1.165, 1.54) is 23.2 Å². The molecule has 1 aromatic heterocycles. The zero-order valence-corrected chi connectivity index (χ0v) is 20.5. The molecule has 0 unspecified atom stereocenters. The van der Waals surface area contributed by atoms with Gasteiger partial charge in [-0.15, -0.1) is 0 Å². The lowest BCUT2D eigenvalue weighted by atomic mass is 9.91. The Morgan fingerprint density at radius 1 is 1.09 bits per heavy atom. The number of nitrogen functional groups attached to an aromatic ring is 1. The van der Waals surface area contributed by atoms with Crippen molar-refractivity contribution in [2.45, 2.75) is 58.5 Å². The lowest BCUT2D eigenvalue weighted by Crippen LogP contribution is -2.60. The molecule has 1 aliphatic heterocycles. The topological polar surface area (TPSA) is 109 Å². The Hall–Kier alpha value is -3.49. The van der Waals surface area contributed by atoms with E-state index in [1.807, 2.05) is 27.7 Å².